The fourth-order valence-corrected chi connectivity index (χ4v) is 3.08. The summed E-state index contributed by atoms with van der Waals surface area (Å²) in [6, 6.07) is 8.81. The Morgan fingerprint density at radius 2 is 1.59 bits per heavy atom. The first kappa shape index (κ1) is 25.0. The van der Waals surface area contributed by atoms with Crippen LogP contribution in [0.25, 0.3) is 22.5 Å². The molecule has 1 heterocycles. The van der Waals surface area contributed by atoms with Crippen molar-refractivity contribution in [3.63, 3.8) is 0 Å². The number of ether oxygens (including phenoxy) is 2. The summed E-state index contributed by atoms with van der Waals surface area (Å²) in [4.78, 5) is 0. The van der Waals surface area contributed by atoms with E-state index in [4.69, 9.17) is 18.2 Å². The number of benzene rings is 2. The van der Waals surface area contributed by atoms with Crippen molar-refractivity contribution in [3.8, 4) is 39.7 Å². The summed E-state index contributed by atoms with van der Waals surface area (Å²) in [7, 11) is 0.326. The van der Waals surface area contributed by atoms with Gasteiger partial charge in [-0.1, -0.05) is 11.2 Å². The van der Waals surface area contributed by atoms with Crippen LogP contribution in [0.3, 0.4) is 0 Å². The summed E-state index contributed by atoms with van der Waals surface area (Å²) < 4.78 is 42.7. The van der Waals surface area contributed by atoms with E-state index in [0.29, 0.717) is 22.6 Å². The van der Waals surface area contributed by atoms with Crippen molar-refractivity contribution in [3.05, 3.63) is 47.7 Å². The average Bonchev–Trinajstić information content (AvgIpc) is 3.13. The van der Waals surface area contributed by atoms with Crippen molar-refractivity contribution in [2.24, 2.45) is 0 Å². The maximum absolute atomic E-state index is 10.9. The Labute approximate surface area is 192 Å². The topological polar surface area (TPSA) is 121 Å². The predicted octanol–water partition coefficient (Wildman–Crippen LogP) is 0.328. The Hall–Kier alpha value is -2.04. The summed E-state index contributed by atoms with van der Waals surface area (Å²) in [5.41, 5.74) is 4.25. The van der Waals surface area contributed by atoms with Gasteiger partial charge in [0, 0.05) is 11.1 Å². The van der Waals surface area contributed by atoms with Gasteiger partial charge in [0.05, 0.1) is 20.4 Å². The second-order valence-electron chi connectivity index (χ2n) is 5.84. The van der Waals surface area contributed by atoms with Crippen LogP contribution in [0.1, 0.15) is 11.1 Å². The van der Waals surface area contributed by atoms with E-state index >= 15 is 0 Å². The Morgan fingerprint density at radius 3 is 2.21 bits per heavy atom. The van der Waals surface area contributed by atoms with E-state index in [2.05, 4.69) is 5.16 Å². The summed E-state index contributed by atoms with van der Waals surface area (Å²) >= 11 is 0. The second kappa shape index (κ2) is 10.7. The molecule has 0 unspecified atom stereocenters. The number of aryl methyl sites for hydroxylation is 1. The van der Waals surface area contributed by atoms with Gasteiger partial charge in [-0.15, -0.1) is 0 Å². The minimum atomic E-state index is -2.72. The number of nitrogens with zero attached hydrogens (tertiary/aromatic N) is 1. The van der Waals surface area contributed by atoms with Crippen molar-refractivity contribution in [1.29, 1.82) is 0 Å². The molecule has 10 heteroatoms. The second-order valence-corrected chi connectivity index (χ2v) is 6.42. The third kappa shape index (κ3) is 5.31. The van der Waals surface area contributed by atoms with Crippen LogP contribution in [-0.4, -0.2) is 19.4 Å². The molecule has 3 aromatic rings. The molecule has 0 aliphatic rings. The smallest absolute Gasteiger partial charge is 0.530 e. The number of rotatable bonds is 6. The van der Waals surface area contributed by atoms with Crippen LogP contribution in [0, 0.1) is 13.8 Å². The van der Waals surface area contributed by atoms with Gasteiger partial charge in [-0.2, -0.15) is 0 Å². The minimum Gasteiger partial charge on any atom is -0.530 e. The molecule has 150 valence electrons. The first-order chi connectivity index (χ1) is 12.9. The van der Waals surface area contributed by atoms with Gasteiger partial charge in [0.25, 0.3) is 0 Å². The van der Waals surface area contributed by atoms with E-state index in [9.17, 15) is 8.42 Å². The van der Waals surface area contributed by atoms with Crippen molar-refractivity contribution in [1.82, 2.24) is 5.16 Å². The summed E-state index contributed by atoms with van der Waals surface area (Å²) in [5, 5.41) is 3.91. The molecule has 0 atom stereocenters. The standard InChI is InChI=1S/C19H18NO6S.Na.H2O/c1-11-7-14(9-17(24-4)12(11)2)19-15(10-20-25-19)13-5-6-16(23-3)18(8-13)26-27(21)22;;/h5-10H,1-4H3;;1H2/q-1;+1;/p+1. The maximum atomic E-state index is 10.9. The van der Waals surface area contributed by atoms with Gasteiger partial charge in [-0.25, -0.2) is 0 Å². The molecule has 0 spiro atoms. The van der Waals surface area contributed by atoms with E-state index in [1.807, 2.05) is 26.0 Å². The van der Waals surface area contributed by atoms with E-state index in [-0.39, 0.29) is 40.8 Å². The Bertz CT molecular complexity index is 1050. The minimum absolute atomic E-state index is 0. The van der Waals surface area contributed by atoms with Gasteiger partial charge in [0.2, 0.25) is 0 Å². The molecule has 0 aliphatic carbocycles. The van der Waals surface area contributed by atoms with Crippen LogP contribution >= 0.6 is 0 Å². The molecule has 0 saturated heterocycles. The Balaban J connectivity index is 0.00000210. The summed E-state index contributed by atoms with van der Waals surface area (Å²) in [5.74, 6) is 1.66. The third-order valence-corrected chi connectivity index (χ3v) is 4.62. The van der Waals surface area contributed by atoms with Gasteiger partial charge in [0.1, 0.15) is 22.5 Å². The van der Waals surface area contributed by atoms with Gasteiger partial charge in [-0.05, 0) is 54.8 Å². The first-order valence-corrected chi connectivity index (χ1v) is 9.01. The third-order valence-electron chi connectivity index (χ3n) is 4.30. The normalized spacial score (nSPS) is 10.1. The molecule has 0 saturated carbocycles. The molecule has 3 N–H and O–H groups in total. The van der Waals surface area contributed by atoms with Gasteiger partial charge >= 0.3 is 29.6 Å². The van der Waals surface area contributed by atoms with E-state index in [1.165, 1.54) is 7.11 Å². The van der Waals surface area contributed by atoms with Gasteiger partial charge in [0.15, 0.2) is 11.5 Å². The summed E-state index contributed by atoms with van der Waals surface area (Å²) in [6.45, 7) is 3.97. The fraction of sp³-hybridized carbons (Fsp3) is 0.211. The van der Waals surface area contributed by atoms with Crippen LogP contribution in [0.15, 0.2) is 41.1 Å². The van der Waals surface area contributed by atoms with E-state index in [0.717, 1.165) is 22.4 Å². The van der Waals surface area contributed by atoms with Crippen molar-refractivity contribution >= 4 is 11.0 Å². The number of aromatic nitrogens is 1. The molecular weight excluding hydrogens is 409 g/mol. The first-order valence-electron chi connectivity index (χ1n) is 8.01. The molecule has 2 aromatic carbocycles. The van der Waals surface area contributed by atoms with Crippen LogP contribution in [0.2, 0.25) is 0 Å². The van der Waals surface area contributed by atoms with Crippen molar-refractivity contribution < 1.29 is 61.6 Å². The molecule has 3 rings (SSSR count). The van der Waals surface area contributed by atoms with Crippen LogP contribution < -0.4 is 43.2 Å². The molecule has 0 amide bonds. The van der Waals surface area contributed by atoms with Crippen LogP contribution in [-0.2, 0) is 24.9 Å². The number of hydrogen-bond acceptors (Lipinski definition) is 8. The Morgan fingerprint density at radius 1 is 0.931 bits per heavy atom. The maximum Gasteiger partial charge on any atom is 1.00 e. The molecular formula is C19H21NNaO7S+. The predicted molar refractivity (Wildman–Crippen MR) is 104 cm³/mol. The molecule has 8 nitrogen and oxygen atoms in total. The van der Waals surface area contributed by atoms with Crippen LogP contribution in [0.4, 0.5) is 0 Å². The fourth-order valence-electron chi connectivity index (χ4n) is 2.81. The molecule has 0 fully saturated rings. The molecule has 1 aromatic heterocycles. The zero-order chi connectivity index (χ0) is 19.6. The molecule has 0 aliphatic heterocycles. The molecule has 29 heavy (non-hydrogen) atoms. The van der Waals surface area contributed by atoms with Gasteiger partial charge in [-0.3, -0.25) is 0 Å². The largest absolute Gasteiger partial charge is 1.00 e. The SMILES string of the molecule is COc1ccc(-c2cnoc2-c2cc(C)c(C)c(OC)c2)cc1O[S-](=O)=O.[Na+].[OH3+]. The number of hydrogen-bond donors (Lipinski definition) is 0. The average molecular weight is 430 g/mol. The van der Waals surface area contributed by atoms with E-state index in [1.54, 1.807) is 31.5 Å². The van der Waals surface area contributed by atoms with E-state index < -0.39 is 11.0 Å². The van der Waals surface area contributed by atoms with Crippen LogP contribution in [0.5, 0.6) is 17.2 Å². The number of methoxy groups -OCH3 is 2. The molecule has 0 radical (unpaired) electrons. The quantitative estimate of drug-likeness (QED) is 0.314. The monoisotopic (exact) mass is 430 g/mol. The zero-order valence-electron chi connectivity index (χ0n) is 16.8. The van der Waals surface area contributed by atoms with Crippen molar-refractivity contribution in [2.45, 2.75) is 13.8 Å². The van der Waals surface area contributed by atoms with Gasteiger partial charge < -0.3 is 32.1 Å². The van der Waals surface area contributed by atoms with Crippen molar-refractivity contribution in [2.75, 3.05) is 14.2 Å². The zero-order valence-corrected chi connectivity index (χ0v) is 19.7. The molecule has 0 bridgehead atoms. The Kier molecular flexibility index (Phi) is 9.18. The summed E-state index contributed by atoms with van der Waals surface area (Å²) in [6.07, 6.45) is 1.57.